The summed E-state index contributed by atoms with van der Waals surface area (Å²) in [5, 5.41) is 6.72. The number of benzene rings is 2. The van der Waals surface area contributed by atoms with Crippen molar-refractivity contribution in [2.45, 2.75) is 18.6 Å². The van der Waals surface area contributed by atoms with Crippen molar-refractivity contribution < 1.29 is 8.42 Å². The van der Waals surface area contributed by atoms with E-state index in [1.165, 1.54) is 0 Å². The molecule has 2 aromatic rings. The van der Waals surface area contributed by atoms with Gasteiger partial charge in [0.25, 0.3) is 0 Å². The highest BCUT2D eigenvalue weighted by Crippen LogP contribution is 2.18. The van der Waals surface area contributed by atoms with Crippen molar-refractivity contribution in [2.24, 2.45) is 0 Å². The van der Waals surface area contributed by atoms with E-state index in [4.69, 9.17) is 0 Å². The first-order valence-corrected chi connectivity index (χ1v) is 9.24. The molecule has 4 nitrogen and oxygen atoms in total. The topological polar surface area (TPSA) is 58.2 Å². The van der Waals surface area contributed by atoms with E-state index in [1.54, 1.807) is 0 Å². The third-order valence-electron chi connectivity index (χ3n) is 3.89. The van der Waals surface area contributed by atoms with Crippen LogP contribution in [0.25, 0.3) is 0 Å². The van der Waals surface area contributed by atoms with Crippen LogP contribution in [-0.4, -0.2) is 32.0 Å². The average molecular weight is 316 g/mol. The molecule has 116 valence electrons. The Morgan fingerprint density at radius 2 is 1.45 bits per heavy atom. The lowest BCUT2D eigenvalue weighted by Crippen LogP contribution is -2.42. The van der Waals surface area contributed by atoms with Gasteiger partial charge in [0.05, 0.1) is 17.5 Å². The van der Waals surface area contributed by atoms with Crippen molar-refractivity contribution in [3.05, 3.63) is 66.2 Å². The standard InChI is InChI=1S/C17H20N2O2S/c20-22(21)12-16(18-11-14-7-3-1-4-8-14)17(13-22)19-15-9-5-2-6-10-15/h1-10,16-19H,11-13H2/t16-,17-/m1/s1. The zero-order valence-corrected chi connectivity index (χ0v) is 13.1. The molecule has 1 saturated heterocycles. The maximum Gasteiger partial charge on any atom is 0.153 e. The number of hydrogen-bond acceptors (Lipinski definition) is 4. The molecule has 3 rings (SSSR count). The molecule has 0 spiro atoms. The van der Waals surface area contributed by atoms with E-state index >= 15 is 0 Å². The van der Waals surface area contributed by atoms with E-state index in [1.807, 2.05) is 60.7 Å². The number of anilines is 1. The van der Waals surface area contributed by atoms with Crippen LogP contribution in [0.15, 0.2) is 60.7 Å². The van der Waals surface area contributed by atoms with Crippen LogP contribution in [0.3, 0.4) is 0 Å². The molecule has 0 aromatic heterocycles. The summed E-state index contributed by atoms with van der Waals surface area (Å²) in [6.45, 7) is 0.675. The van der Waals surface area contributed by atoms with Gasteiger partial charge in [-0.05, 0) is 17.7 Å². The third kappa shape index (κ3) is 3.87. The van der Waals surface area contributed by atoms with E-state index in [0.29, 0.717) is 6.54 Å². The molecule has 1 fully saturated rings. The first kappa shape index (κ1) is 15.1. The fraction of sp³-hybridized carbons (Fsp3) is 0.294. The summed E-state index contributed by atoms with van der Waals surface area (Å²) in [7, 11) is -2.99. The number of nitrogens with one attached hydrogen (secondary N) is 2. The van der Waals surface area contributed by atoms with Crippen molar-refractivity contribution in [3.8, 4) is 0 Å². The Morgan fingerprint density at radius 3 is 2.14 bits per heavy atom. The summed E-state index contributed by atoms with van der Waals surface area (Å²) in [5.74, 6) is 0.360. The van der Waals surface area contributed by atoms with Gasteiger partial charge in [0.15, 0.2) is 9.84 Å². The second-order valence-corrected chi connectivity index (χ2v) is 7.82. The third-order valence-corrected chi connectivity index (χ3v) is 5.62. The van der Waals surface area contributed by atoms with Gasteiger partial charge >= 0.3 is 0 Å². The van der Waals surface area contributed by atoms with E-state index < -0.39 is 9.84 Å². The molecule has 0 amide bonds. The molecule has 5 heteroatoms. The molecular weight excluding hydrogens is 296 g/mol. The minimum absolute atomic E-state index is 0.0783. The molecule has 22 heavy (non-hydrogen) atoms. The molecule has 1 heterocycles. The van der Waals surface area contributed by atoms with Crippen molar-refractivity contribution in [1.82, 2.24) is 5.32 Å². The minimum Gasteiger partial charge on any atom is -0.380 e. The Kier molecular flexibility index (Phi) is 4.45. The molecule has 0 saturated carbocycles. The Balaban J connectivity index is 1.67. The average Bonchev–Trinajstić information content (AvgIpc) is 2.81. The molecule has 1 aliphatic rings. The highest BCUT2D eigenvalue weighted by molar-refractivity contribution is 7.91. The molecular formula is C17H20N2O2S. The Hall–Kier alpha value is -1.85. The van der Waals surface area contributed by atoms with Gasteiger partial charge in [-0.1, -0.05) is 48.5 Å². The largest absolute Gasteiger partial charge is 0.380 e. The fourth-order valence-electron chi connectivity index (χ4n) is 2.78. The van der Waals surface area contributed by atoms with Gasteiger partial charge in [-0.15, -0.1) is 0 Å². The van der Waals surface area contributed by atoms with Crippen molar-refractivity contribution in [2.75, 3.05) is 16.8 Å². The molecule has 2 aromatic carbocycles. The smallest absolute Gasteiger partial charge is 0.153 e. The van der Waals surface area contributed by atoms with Gasteiger partial charge in [-0.25, -0.2) is 8.42 Å². The van der Waals surface area contributed by atoms with Gasteiger partial charge in [-0.2, -0.15) is 0 Å². The van der Waals surface area contributed by atoms with Crippen LogP contribution >= 0.6 is 0 Å². The summed E-state index contributed by atoms with van der Waals surface area (Å²) in [4.78, 5) is 0. The van der Waals surface area contributed by atoms with E-state index in [9.17, 15) is 8.42 Å². The lowest BCUT2D eigenvalue weighted by Gasteiger charge is -2.22. The van der Waals surface area contributed by atoms with E-state index in [0.717, 1.165) is 11.3 Å². The van der Waals surface area contributed by atoms with Gasteiger partial charge in [0, 0.05) is 18.3 Å². The normalized spacial score (nSPS) is 23.3. The van der Waals surface area contributed by atoms with Crippen LogP contribution in [0.2, 0.25) is 0 Å². The molecule has 0 aliphatic carbocycles. The quantitative estimate of drug-likeness (QED) is 0.886. The minimum atomic E-state index is -2.99. The summed E-state index contributed by atoms with van der Waals surface area (Å²) in [6, 6.07) is 19.6. The molecule has 0 radical (unpaired) electrons. The Bertz CT molecular complexity index is 702. The summed E-state index contributed by atoms with van der Waals surface area (Å²) < 4.78 is 23.9. The summed E-state index contributed by atoms with van der Waals surface area (Å²) in [6.07, 6.45) is 0. The van der Waals surface area contributed by atoms with Crippen molar-refractivity contribution in [1.29, 1.82) is 0 Å². The second-order valence-electron chi connectivity index (χ2n) is 5.67. The molecule has 0 bridgehead atoms. The highest BCUT2D eigenvalue weighted by Gasteiger charge is 2.37. The maximum atomic E-state index is 12.0. The Labute approximate surface area is 131 Å². The van der Waals surface area contributed by atoms with E-state index in [-0.39, 0.29) is 23.6 Å². The lowest BCUT2D eigenvalue weighted by molar-refractivity contribution is 0.521. The van der Waals surface area contributed by atoms with Crippen LogP contribution in [0.5, 0.6) is 0 Å². The molecule has 1 aliphatic heterocycles. The maximum absolute atomic E-state index is 12.0. The van der Waals surface area contributed by atoms with Gasteiger partial charge in [-0.3, -0.25) is 0 Å². The Morgan fingerprint density at radius 1 is 0.864 bits per heavy atom. The predicted octanol–water partition coefficient (Wildman–Crippen LogP) is 2.05. The van der Waals surface area contributed by atoms with Crippen molar-refractivity contribution in [3.63, 3.8) is 0 Å². The van der Waals surface area contributed by atoms with Gasteiger partial charge in [0.1, 0.15) is 0 Å². The van der Waals surface area contributed by atoms with E-state index in [2.05, 4.69) is 10.6 Å². The molecule has 2 N–H and O–H groups in total. The fourth-order valence-corrected chi connectivity index (χ4v) is 4.68. The highest BCUT2D eigenvalue weighted by atomic mass is 32.2. The number of sulfone groups is 1. The second kappa shape index (κ2) is 6.50. The summed E-state index contributed by atoms with van der Waals surface area (Å²) >= 11 is 0. The van der Waals surface area contributed by atoms with Crippen LogP contribution < -0.4 is 10.6 Å². The number of para-hydroxylation sites is 1. The zero-order chi connectivity index (χ0) is 15.4. The SMILES string of the molecule is O=S1(=O)C[C@@H](NCc2ccccc2)[C@H](Nc2ccccc2)C1. The lowest BCUT2D eigenvalue weighted by atomic mass is 10.1. The van der Waals surface area contributed by atoms with Crippen LogP contribution in [0.4, 0.5) is 5.69 Å². The number of hydrogen-bond donors (Lipinski definition) is 2. The van der Waals surface area contributed by atoms with Crippen LogP contribution in [0.1, 0.15) is 5.56 Å². The van der Waals surface area contributed by atoms with Gasteiger partial charge < -0.3 is 10.6 Å². The first-order valence-electron chi connectivity index (χ1n) is 7.42. The van der Waals surface area contributed by atoms with Crippen LogP contribution in [-0.2, 0) is 16.4 Å². The first-order chi connectivity index (χ1) is 10.6. The van der Waals surface area contributed by atoms with Gasteiger partial charge in [0.2, 0.25) is 0 Å². The zero-order valence-electron chi connectivity index (χ0n) is 12.3. The van der Waals surface area contributed by atoms with Crippen LogP contribution in [0, 0.1) is 0 Å². The van der Waals surface area contributed by atoms with Crippen molar-refractivity contribution >= 4 is 15.5 Å². The molecule has 0 unspecified atom stereocenters. The molecule has 2 atom stereocenters. The number of rotatable bonds is 5. The predicted molar refractivity (Wildman–Crippen MR) is 89.6 cm³/mol. The summed E-state index contributed by atoms with van der Waals surface area (Å²) in [5.41, 5.74) is 2.11. The monoisotopic (exact) mass is 316 g/mol.